The van der Waals surface area contributed by atoms with Gasteiger partial charge in [0.1, 0.15) is 11.7 Å². The summed E-state index contributed by atoms with van der Waals surface area (Å²) < 4.78 is 5.22. The van der Waals surface area contributed by atoms with Crippen molar-refractivity contribution in [2.45, 2.75) is 32.2 Å². The Hall–Kier alpha value is -2.68. The molecule has 1 aliphatic heterocycles. The van der Waals surface area contributed by atoms with Crippen LogP contribution in [0.1, 0.15) is 26.2 Å². The first-order chi connectivity index (χ1) is 12.5. The summed E-state index contributed by atoms with van der Waals surface area (Å²) in [4.78, 5) is 36.8. The quantitative estimate of drug-likeness (QED) is 0.417. The zero-order chi connectivity index (χ0) is 18.9. The fourth-order valence-corrected chi connectivity index (χ4v) is 2.86. The van der Waals surface area contributed by atoms with Gasteiger partial charge < -0.3 is 20.3 Å². The Labute approximate surface area is 151 Å². The molecule has 1 atom stereocenters. The first kappa shape index (κ1) is 19.6. The first-order valence-corrected chi connectivity index (χ1v) is 8.71. The molecule has 2 N–H and O–H groups in total. The number of carbonyl (C=O) groups excluding carboxylic acids is 2. The van der Waals surface area contributed by atoms with Crippen molar-refractivity contribution >= 4 is 23.3 Å². The van der Waals surface area contributed by atoms with Crippen molar-refractivity contribution in [2.24, 2.45) is 0 Å². The minimum atomic E-state index is -0.565. The number of nitrogens with zero attached hydrogens (tertiary/aromatic N) is 2. The van der Waals surface area contributed by atoms with Crippen molar-refractivity contribution in [3.63, 3.8) is 0 Å². The van der Waals surface area contributed by atoms with Crippen molar-refractivity contribution in [3.05, 3.63) is 34.4 Å². The van der Waals surface area contributed by atoms with Crippen molar-refractivity contribution in [2.75, 3.05) is 31.6 Å². The fraction of sp³-hybridized carbons (Fsp3) is 0.529. The summed E-state index contributed by atoms with van der Waals surface area (Å²) in [5.41, 5.74) is -0.0674. The molecule has 0 radical (unpaired) electrons. The molecule has 9 nitrogen and oxygen atoms in total. The summed E-state index contributed by atoms with van der Waals surface area (Å²) in [6.45, 7) is 4.03. The Kier molecular flexibility index (Phi) is 7.34. The molecular formula is C17H24N4O5. The van der Waals surface area contributed by atoms with Crippen molar-refractivity contribution in [1.29, 1.82) is 0 Å². The molecule has 0 aromatic heterocycles. The molecule has 1 heterocycles. The van der Waals surface area contributed by atoms with Crippen LogP contribution in [0.15, 0.2) is 24.3 Å². The maximum absolute atomic E-state index is 12.5. The van der Waals surface area contributed by atoms with E-state index in [1.165, 1.54) is 23.1 Å². The predicted octanol–water partition coefficient (Wildman–Crippen LogP) is 2.13. The topological polar surface area (TPSA) is 114 Å². The lowest BCUT2D eigenvalue weighted by molar-refractivity contribution is -0.383. The maximum atomic E-state index is 12.5. The highest BCUT2D eigenvalue weighted by atomic mass is 16.6. The number of carbonyl (C=O) groups is 2. The van der Waals surface area contributed by atoms with E-state index in [0.29, 0.717) is 45.6 Å². The molecule has 0 saturated carbocycles. The molecule has 1 aromatic rings. The van der Waals surface area contributed by atoms with Gasteiger partial charge >= 0.3 is 6.03 Å². The highest BCUT2D eigenvalue weighted by Crippen LogP contribution is 2.25. The third-order valence-electron chi connectivity index (χ3n) is 4.13. The third kappa shape index (κ3) is 5.16. The Morgan fingerprint density at radius 3 is 2.88 bits per heavy atom. The van der Waals surface area contributed by atoms with Gasteiger partial charge in [0.15, 0.2) is 0 Å². The zero-order valence-corrected chi connectivity index (χ0v) is 14.8. The highest BCUT2D eigenvalue weighted by Gasteiger charge is 2.34. The van der Waals surface area contributed by atoms with Crippen LogP contribution in [0.3, 0.4) is 0 Å². The average Bonchev–Trinajstić information content (AvgIpc) is 3.11. The van der Waals surface area contributed by atoms with E-state index in [9.17, 15) is 19.7 Å². The molecule has 2 rings (SSSR count). The molecule has 1 aliphatic rings. The molecule has 0 unspecified atom stereocenters. The minimum Gasteiger partial charge on any atom is -0.382 e. The molecule has 142 valence electrons. The lowest BCUT2D eigenvalue weighted by Gasteiger charge is -2.24. The van der Waals surface area contributed by atoms with Crippen LogP contribution >= 0.6 is 0 Å². The minimum absolute atomic E-state index is 0.116. The van der Waals surface area contributed by atoms with Gasteiger partial charge in [0.05, 0.1) is 4.92 Å². The van der Waals surface area contributed by atoms with Crippen LogP contribution in [0, 0.1) is 10.1 Å². The van der Waals surface area contributed by atoms with Crippen LogP contribution < -0.4 is 10.6 Å². The number of nitrogens with one attached hydrogen (secondary N) is 2. The van der Waals surface area contributed by atoms with Gasteiger partial charge in [-0.25, -0.2) is 4.79 Å². The lowest BCUT2D eigenvalue weighted by atomic mass is 10.2. The SMILES string of the molecule is CCOCCCNC(=O)[C@@H]1CCCN1C(=O)Nc1ccccc1[N+](=O)[O-]. The Balaban J connectivity index is 1.93. The van der Waals surface area contributed by atoms with Crippen LogP contribution in [-0.4, -0.2) is 54.1 Å². The standard InChI is InChI=1S/C17H24N4O5/c1-2-26-12-6-10-18-16(22)15-9-5-11-20(15)17(23)19-13-7-3-4-8-14(13)21(24)25/h3-4,7-8,15H,2,5-6,9-12H2,1H3,(H,18,22)(H,19,23)/t15-/m0/s1. The van der Waals surface area contributed by atoms with Gasteiger partial charge in [-0.2, -0.15) is 0 Å². The number of hydrogen-bond donors (Lipinski definition) is 2. The average molecular weight is 364 g/mol. The third-order valence-corrected chi connectivity index (χ3v) is 4.13. The summed E-state index contributed by atoms with van der Waals surface area (Å²) in [6.07, 6.45) is 1.98. The summed E-state index contributed by atoms with van der Waals surface area (Å²) >= 11 is 0. The number of ether oxygens (including phenoxy) is 1. The summed E-state index contributed by atoms with van der Waals surface area (Å²) in [6, 6.07) is 4.85. The normalized spacial score (nSPS) is 16.3. The van der Waals surface area contributed by atoms with E-state index >= 15 is 0 Å². The van der Waals surface area contributed by atoms with Gasteiger partial charge in [0.2, 0.25) is 5.91 Å². The van der Waals surface area contributed by atoms with Gasteiger partial charge in [-0.05, 0) is 32.3 Å². The van der Waals surface area contributed by atoms with Crippen LogP contribution in [0.4, 0.5) is 16.2 Å². The number of benzene rings is 1. The Bertz CT molecular complexity index is 652. The number of nitro benzene ring substituents is 1. The molecular weight excluding hydrogens is 340 g/mol. The highest BCUT2D eigenvalue weighted by molar-refractivity contribution is 5.95. The molecule has 26 heavy (non-hydrogen) atoms. The number of para-hydroxylation sites is 2. The number of hydrogen-bond acceptors (Lipinski definition) is 5. The number of amides is 3. The largest absolute Gasteiger partial charge is 0.382 e. The molecule has 3 amide bonds. The van der Waals surface area contributed by atoms with Crippen LogP contribution in [0.5, 0.6) is 0 Å². The number of likely N-dealkylation sites (tertiary alicyclic amines) is 1. The molecule has 1 fully saturated rings. The monoisotopic (exact) mass is 364 g/mol. The molecule has 0 spiro atoms. The second-order valence-electron chi connectivity index (χ2n) is 5.90. The Morgan fingerprint density at radius 2 is 2.15 bits per heavy atom. The van der Waals surface area contributed by atoms with Gasteiger partial charge in [-0.3, -0.25) is 14.9 Å². The fourth-order valence-electron chi connectivity index (χ4n) is 2.86. The van der Waals surface area contributed by atoms with Crippen molar-refractivity contribution in [1.82, 2.24) is 10.2 Å². The molecule has 0 aliphatic carbocycles. The van der Waals surface area contributed by atoms with E-state index in [0.717, 1.165) is 0 Å². The van der Waals surface area contributed by atoms with E-state index in [1.807, 2.05) is 6.92 Å². The van der Waals surface area contributed by atoms with Gasteiger partial charge in [-0.15, -0.1) is 0 Å². The van der Waals surface area contributed by atoms with Gasteiger partial charge in [0.25, 0.3) is 5.69 Å². The number of rotatable bonds is 8. The molecule has 1 aromatic carbocycles. The van der Waals surface area contributed by atoms with Crippen LogP contribution in [0.25, 0.3) is 0 Å². The smallest absolute Gasteiger partial charge is 0.322 e. The number of nitro groups is 1. The predicted molar refractivity (Wildman–Crippen MR) is 96.0 cm³/mol. The van der Waals surface area contributed by atoms with E-state index in [2.05, 4.69) is 10.6 Å². The first-order valence-electron chi connectivity index (χ1n) is 8.71. The van der Waals surface area contributed by atoms with Crippen LogP contribution in [-0.2, 0) is 9.53 Å². The second kappa shape index (κ2) is 9.71. The number of urea groups is 1. The molecule has 9 heteroatoms. The Morgan fingerprint density at radius 1 is 1.38 bits per heavy atom. The van der Waals surface area contributed by atoms with E-state index in [1.54, 1.807) is 6.07 Å². The zero-order valence-electron chi connectivity index (χ0n) is 14.8. The van der Waals surface area contributed by atoms with Crippen molar-refractivity contribution < 1.29 is 19.2 Å². The molecule has 0 bridgehead atoms. The maximum Gasteiger partial charge on any atom is 0.322 e. The molecule has 1 saturated heterocycles. The summed E-state index contributed by atoms with van der Waals surface area (Å²) in [7, 11) is 0. The lowest BCUT2D eigenvalue weighted by Crippen LogP contribution is -2.47. The van der Waals surface area contributed by atoms with Crippen LogP contribution in [0.2, 0.25) is 0 Å². The van der Waals surface area contributed by atoms with Crippen molar-refractivity contribution in [3.8, 4) is 0 Å². The second-order valence-corrected chi connectivity index (χ2v) is 5.90. The summed E-state index contributed by atoms with van der Waals surface area (Å²) in [5, 5.41) is 16.4. The van der Waals surface area contributed by atoms with Gasteiger partial charge in [0, 0.05) is 32.4 Å². The van der Waals surface area contributed by atoms with E-state index in [-0.39, 0.29) is 17.3 Å². The van der Waals surface area contributed by atoms with E-state index in [4.69, 9.17) is 4.74 Å². The number of anilines is 1. The van der Waals surface area contributed by atoms with Gasteiger partial charge in [-0.1, -0.05) is 12.1 Å². The summed E-state index contributed by atoms with van der Waals surface area (Å²) in [5.74, 6) is -0.211. The van der Waals surface area contributed by atoms with E-state index < -0.39 is 17.0 Å².